The molecule has 0 aliphatic heterocycles. The molecule has 5 heteroatoms. The summed E-state index contributed by atoms with van der Waals surface area (Å²) in [4.78, 5) is 23.2. The molecule has 0 aliphatic carbocycles. The minimum absolute atomic E-state index is 0.0279. The Kier molecular flexibility index (Phi) is 3.20. The van der Waals surface area contributed by atoms with E-state index in [4.69, 9.17) is 5.11 Å². The van der Waals surface area contributed by atoms with Crippen molar-refractivity contribution in [3.05, 3.63) is 59.2 Å². The van der Waals surface area contributed by atoms with Gasteiger partial charge < -0.3 is 15.3 Å². The second kappa shape index (κ2) is 4.81. The van der Waals surface area contributed by atoms with Gasteiger partial charge >= 0.3 is 5.97 Å². The number of hydrogen-bond acceptors (Lipinski definition) is 4. The van der Waals surface area contributed by atoms with Crippen molar-refractivity contribution in [1.82, 2.24) is 0 Å². The summed E-state index contributed by atoms with van der Waals surface area (Å²) in [6.07, 6.45) is 0. The van der Waals surface area contributed by atoms with Crippen LogP contribution in [0.2, 0.25) is 0 Å². The highest BCUT2D eigenvalue weighted by Gasteiger charge is 2.18. The van der Waals surface area contributed by atoms with E-state index in [2.05, 4.69) is 0 Å². The van der Waals surface area contributed by atoms with Crippen molar-refractivity contribution < 1.29 is 24.9 Å². The maximum Gasteiger partial charge on any atom is 0.336 e. The highest BCUT2D eigenvalue weighted by molar-refractivity contribution is 6.14. The summed E-state index contributed by atoms with van der Waals surface area (Å²) in [5.41, 5.74) is 0.0177. The van der Waals surface area contributed by atoms with Crippen LogP contribution in [0.1, 0.15) is 26.3 Å². The third-order valence-electron chi connectivity index (χ3n) is 2.64. The van der Waals surface area contributed by atoms with Crippen LogP contribution in [0.25, 0.3) is 0 Å². The SMILES string of the molecule is O=C(O)c1ccccc1C(=O)c1ccc(O)c(O)c1. The number of carboxylic acid groups (broad SMARTS) is 1. The molecule has 2 rings (SSSR count). The number of ketones is 1. The fourth-order valence-corrected chi connectivity index (χ4v) is 1.69. The summed E-state index contributed by atoms with van der Waals surface area (Å²) in [5.74, 6) is -2.51. The van der Waals surface area contributed by atoms with E-state index in [1.54, 1.807) is 6.07 Å². The summed E-state index contributed by atoms with van der Waals surface area (Å²) >= 11 is 0. The predicted octanol–water partition coefficient (Wildman–Crippen LogP) is 2.03. The smallest absolute Gasteiger partial charge is 0.336 e. The second-order valence-electron chi connectivity index (χ2n) is 3.88. The lowest BCUT2D eigenvalue weighted by molar-refractivity contribution is 0.0693. The predicted molar refractivity (Wildman–Crippen MR) is 66.6 cm³/mol. The van der Waals surface area contributed by atoms with Crippen molar-refractivity contribution in [2.24, 2.45) is 0 Å². The Morgan fingerprint density at radius 2 is 1.47 bits per heavy atom. The molecule has 19 heavy (non-hydrogen) atoms. The zero-order valence-electron chi connectivity index (χ0n) is 9.70. The van der Waals surface area contributed by atoms with Crippen molar-refractivity contribution in [1.29, 1.82) is 0 Å². The molecule has 0 radical (unpaired) electrons. The van der Waals surface area contributed by atoms with Gasteiger partial charge in [-0.3, -0.25) is 4.79 Å². The number of aromatic hydroxyl groups is 2. The molecule has 0 heterocycles. The summed E-state index contributed by atoms with van der Waals surface area (Å²) in [5, 5.41) is 27.6. The Hall–Kier alpha value is -2.82. The molecule has 2 aromatic carbocycles. The molecule has 0 unspecified atom stereocenters. The van der Waals surface area contributed by atoms with Gasteiger partial charge in [0.25, 0.3) is 0 Å². The van der Waals surface area contributed by atoms with Gasteiger partial charge in [-0.2, -0.15) is 0 Å². The molecule has 2 aromatic rings. The molecular formula is C14H10O5. The first-order valence-corrected chi connectivity index (χ1v) is 5.39. The third kappa shape index (κ3) is 2.40. The van der Waals surface area contributed by atoms with Gasteiger partial charge in [0.15, 0.2) is 17.3 Å². The molecule has 96 valence electrons. The van der Waals surface area contributed by atoms with Crippen LogP contribution < -0.4 is 0 Å². The van der Waals surface area contributed by atoms with Crippen LogP contribution >= 0.6 is 0 Å². The van der Waals surface area contributed by atoms with E-state index in [1.165, 1.54) is 30.3 Å². The lowest BCUT2D eigenvalue weighted by Gasteiger charge is -2.06. The van der Waals surface area contributed by atoms with E-state index in [-0.39, 0.29) is 22.4 Å². The topological polar surface area (TPSA) is 94.8 Å². The minimum Gasteiger partial charge on any atom is -0.504 e. The number of benzene rings is 2. The zero-order valence-corrected chi connectivity index (χ0v) is 9.70. The van der Waals surface area contributed by atoms with Crippen LogP contribution in [0.4, 0.5) is 0 Å². The maximum atomic E-state index is 12.2. The zero-order chi connectivity index (χ0) is 14.0. The normalized spacial score (nSPS) is 10.1. The van der Waals surface area contributed by atoms with Crippen LogP contribution in [-0.2, 0) is 0 Å². The van der Waals surface area contributed by atoms with E-state index >= 15 is 0 Å². The molecule has 0 spiro atoms. The minimum atomic E-state index is -1.20. The quantitative estimate of drug-likeness (QED) is 0.578. The molecule has 5 nitrogen and oxygen atoms in total. The van der Waals surface area contributed by atoms with Crippen LogP contribution in [0.5, 0.6) is 11.5 Å². The fraction of sp³-hybridized carbons (Fsp3) is 0. The fourth-order valence-electron chi connectivity index (χ4n) is 1.69. The van der Waals surface area contributed by atoms with E-state index in [0.717, 1.165) is 6.07 Å². The van der Waals surface area contributed by atoms with Crippen LogP contribution in [-0.4, -0.2) is 27.1 Å². The standard InChI is InChI=1S/C14H10O5/c15-11-6-5-8(7-12(11)16)13(17)9-3-1-2-4-10(9)14(18)19/h1-7,15-16H,(H,18,19). The van der Waals surface area contributed by atoms with Gasteiger partial charge in [-0.25, -0.2) is 4.79 Å². The summed E-state index contributed by atoms with van der Waals surface area (Å²) < 4.78 is 0. The lowest BCUT2D eigenvalue weighted by Crippen LogP contribution is -2.09. The maximum absolute atomic E-state index is 12.2. The van der Waals surface area contributed by atoms with Crippen molar-refractivity contribution >= 4 is 11.8 Å². The van der Waals surface area contributed by atoms with Crippen LogP contribution in [0.15, 0.2) is 42.5 Å². The molecule has 0 fully saturated rings. The molecule has 0 bridgehead atoms. The van der Waals surface area contributed by atoms with Gasteiger partial charge in [0.05, 0.1) is 5.56 Å². The molecule has 0 amide bonds. The average Bonchev–Trinajstić information content (AvgIpc) is 2.41. The molecule has 0 aliphatic rings. The van der Waals surface area contributed by atoms with Gasteiger partial charge in [0.1, 0.15) is 0 Å². The monoisotopic (exact) mass is 258 g/mol. The van der Waals surface area contributed by atoms with E-state index in [9.17, 15) is 19.8 Å². The van der Waals surface area contributed by atoms with E-state index in [1.807, 2.05) is 0 Å². The largest absolute Gasteiger partial charge is 0.504 e. The third-order valence-corrected chi connectivity index (χ3v) is 2.64. The number of aromatic carboxylic acids is 1. The Morgan fingerprint density at radius 3 is 2.05 bits per heavy atom. The van der Waals surface area contributed by atoms with Gasteiger partial charge in [-0.1, -0.05) is 18.2 Å². The van der Waals surface area contributed by atoms with Crippen molar-refractivity contribution in [2.45, 2.75) is 0 Å². The number of carboxylic acids is 1. The number of hydrogen-bond donors (Lipinski definition) is 3. The van der Waals surface area contributed by atoms with Crippen LogP contribution in [0, 0.1) is 0 Å². The first-order chi connectivity index (χ1) is 9.00. The van der Waals surface area contributed by atoms with Crippen LogP contribution in [0.3, 0.4) is 0 Å². The Bertz CT molecular complexity index is 661. The van der Waals surface area contributed by atoms with Gasteiger partial charge in [0, 0.05) is 11.1 Å². The highest BCUT2D eigenvalue weighted by atomic mass is 16.4. The van der Waals surface area contributed by atoms with E-state index in [0.29, 0.717) is 0 Å². The van der Waals surface area contributed by atoms with Gasteiger partial charge in [-0.15, -0.1) is 0 Å². The summed E-state index contributed by atoms with van der Waals surface area (Å²) in [6.45, 7) is 0. The lowest BCUT2D eigenvalue weighted by atomic mass is 9.98. The summed E-state index contributed by atoms with van der Waals surface area (Å²) in [7, 11) is 0. The number of carbonyl (C=O) groups is 2. The van der Waals surface area contributed by atoms with Crippen molar-refractivity contribution in [3.63, 3.8) is 0 Å². The second-order valence-corrected chi connectivity index (χ2v) is 3.88. The molecule has 0 aromatic heterocycles. The molecule has 3 N–H and O–H groups in total. The molecular weight excluding hydrogens is 248 g/mol. The Balaban J connectivity index is 2.50. The first kappa shape index (κ1) is 12.6. The molecule has 0 saturated carbocycles. The average molecular weight is 258 g/mol. The molecule has 0 saturated heterocycles. The number of carbonyl (C=O) groups excluding carboxylic acids is 1. The van der Waals surface area contributed by atoms with E-state index < -0.39 is 17.5 Å². The number of phenols is 2. The van der Waals surface area contributed by atoms with Crippen molar-refractivity contribution in [3.8, 4) is 11.5 Å². The Labute approximate surface area is 108 Å². The van der Waals surface area contributed by atoms with Crippen molar-refractivity contribution in [2.75, 3.05) is 0 Å². The highest BCUT2D eigenvalue weighted by Crippen LogP contribution is 2.26. The number of phenolic OH excluding ortho intramolecular Hbond substituents is 2. The van der Waals surface area contributed by atoms with Gasteiger partial charge in [0.2, 0.25) is 0 Å². The number of rotatable bonds is 3. The Morgan fingerprint density at radius 1 is 0.842 bits per heavy atom. The summed E-state index contributed by atoms with van der Waals surface area (Å²) in [6, 6.07) is 9.39. The first-order valence-electron chi connectivity index (χ1n) is 5.39. The molecule has 0 atom stereocenters. The van der Waals surface area contributed by atoms with Gasteiger partial charge in [-0.05, 0) is 24.3 Å².